The molecule has 5 heteroatoms. The summed E-state index contributed by atoms with van der Waals surface area (Å²) in [6.07, 6.45) is -2.43. The second kappa shape index (κ2) is 13.2. The summed E-state index contributed by atoms with van der Waals surface area (Å²) < 4.78 is 0. The predicted octanol–water partition coefficient (Wildman–Crippen LogP) is 10.3. The number of anilines is 4. The topological polar surface area (TPSA) is 64.0 Å². The number of nitrogens with zero attached hydrogens (tertiary/aromatic N) is 2. The highest BCUT2D eigenvalue weighted by atomic mass is 16.3. The third kappa shape index (κ3) is 6.37. The van der Waals surface area contributed by atoms with Crippen molar-refractivity contribution in [3.63, 3.8) is 0 Å². The van der Waals surface area contributed by atoms with Crippen LogP contribution in [0.1, 0.15) is 75.6 Å². The van der Waals surface area contributed by atoms with Gasteiger partial charge in [-0.2, -0.15) is 0 Å². The fourth-order valence-corrected chi connectivity index (χ4v) is 7.86. The van der Waals surface area contributed by atoms with Crippen molar-refractivity contribution in [3.05, 3.63) is 144 Å². The summed E-state index contributed by atoms with van der Waals surface area (Å²) in [5.74, 6) is -1.98. The maximum absolute atomic E-state index is 13.9. The van der Waals surface area contributed by atoms with Gasteiger partial charge in [-0.15, -0.1) is 0 Å². The Labute approximate surface area is 308 Å². The number of benzene rings is 6. The molecule has 1 aliphatic rings. The largest absolute Gasteiger partial charge is 0.391 e. The number of carbonyl (C=O) groups is 1. The van der Waals surface area contributed by atoms with Gasteiger partial charge in [0.05, 0.1) is 12.0 Å². The van der Waals surface area contributed by atoms with Crippen molar-refractivity contribution in [2.24, 2.45) is 0 Å². The second-order valence-corrected chi connectivity index (χ2v) is 16.7. The molecule has 7 rings (SSSR count). The minimum absolute atomic E-state index is 0.0326. The Bertz CT molecular complexity index is 2180. The first-order valence-corrected chi connectivity index (χ1v) is 18.3. The molecule has 0 aromatic heterocycles. The second-order valence-electron chi connectivity index (χ2n) is 16.7. The highest BCUT2D eigenvalue weighted by Gasteiger charge is 2.50. The van der Waals surface area contributed by atoms with E-state index in [2.05, 4.69) is 124 Å². The maximum Gasteiger partial charge on any atom is 0.172 e. The summed E-state index contributed by atoms with van der Waals surface area (Å²) >= 11 is 0. The molecule has 0 bridgehead atoms. The van der Waals surface area contributed by atoms with E-state index in [1.165, 1.54) is 11.1 Å². The molecule has 0 spiro atoms. The quantitative estimate of drug-likeness (QED) is 0.170. The van der Waals surface area contributed by atoms with Gasteiger partial charge in [-0.25, -0.2) is 0 Å². The zero-order valence-corrected chi connectivity index (χ0v) is 31.6. The van der Waals surface area contributed by atoms with Crippen LogP contribution in [0.2, 0.25) is 0 Å². The lowest BCUT2D eigenvalue weighted by Crippen LogP contribution is -2.23. The van der Waals surface area contributed by atoms with Crippen LogP contribution >= 0.6 is 0 Å². The Balaban J connectivity index is 1.26. The van der Waals surface area contributed by atoms with Crippen LogP contribution in [0.4, 0.5) is 22.7 Å². The minimum Gasteiger partial charge on any atom is -0.391 e. The van der Waals surface area contributed by atoms with Crippen molar-refractivity contribution in [2.45, 2.75) is 76.4 Å². The van der Waals surface area contributed by atoms with E-state index < -0.39 is 24.0 Å². The molecule has 5 nitrogen and oxygen atoms in total. The molecule has 6 aromatic rings. The third-order valence-electron chi connectivity index (χ3n) is 10.9. The van der Waals surface area contributed by atoms with Crippen LogP contribution in [0.3, 0.4) is 0 Å². The van der Waals surface area contributed by atoms with Crippen LogP contribution < -0.4 is 9.80 Å². The number of aliphatic hydroxyl groups is 2. The van der Waals surface area contributed by atoms with Crippen LogP contribution in [0.15, 0.2) is 121 Å². The van der Waals surface area contributed by atoms with Crippen molar-refractivity contribution < 1.29 is 15.0 Å². The molecule has 0 amide bonds. The smallest absolute Gasteiger partial charge is 0.172 e. The van der Waals surface area contributed by atoms with E-state index in [0.717, 1.165) is 49.9 Å². The fourth-order valence-electron chi connectivity index (χ4n) is 7.86. The van der Waals surface area contributed by atoms with Crippen LogP contribution in [-0.2, 0) is 15.6 Å². The zero-order valence-electron chi connectivity index (χ0n) is 31.6. The summed E-state index contributed by atoms with van der Waals surface area (Å²) in [5.41, 5.74) is 8.07. The molecule has 1 fully saturated rings. The standard InChI is InChI=1S/C47H50N2O3/c1-46(2,3)32-15-21-35(22-16-32)49(36-23-17-33(18-24-36)47(4,5)6)34-19-13-29(14-20-34)41-43(50)42(45(52)44(41)51)37-25-26-40(48(7)8)39-28-31-12-10-9-11-30(31)27-38(37)39/h9-28,41-43,45,50,52H,1-8H3. The van der Waals surface area contributed by atoms with Crippen LogP contribution in [0.25, 0.3) is 21.5 Å². The van der Waals surface area contributed by atoms with Crippen LogP contribution in [0, 0.1) is 0 Å². The number of ketones is 1. The van der Waals surface area contributed by atoms with Gasteiger partial charge in [0.15, 0.2) is 5.78 Å². The molecule has 1 saturated carbocycles. The summed E-state index contributed by atoms with van der Waals surface area (Å²) in [7, 11) is 4.02. The number of hydrogen-bond donors (Lipinski definition) is 2. The van der Waals surface area contributed by atoms with E-state index in [0.29, 0.717) is 5.56 Å². The Morgan fingerprint density at radius 1 is 0.577 bits per heavy atom. The molecule has 0 aliphatic heterocycles. The summed E-state index contributed by atoms with van der Waals surface area (Å²) in [5, 5.41) is 27.6. The maximum atomic E-state index is 13.9. The van der Waals surface area contributed by atoms with Gasteiger partial charge in [0.25, 0.3) is 0 Å². The van der Waals surface area contributed by atoms with Crippen molar-refractivity contribution in [1.82, 2.24) is 0 Å². The number of fused-ring (bicyclic) bond motifs is 2. The molecule has 0 saturated heterocycles. The molecule has 1 aliphatic carbocycles. The number of carbonyl (C=O) groups excluding carboxylic acids is 1. The van der Waals surface area contributed by atoms with Crippen LogP contribution in [0.5, 0.6) is 0 Å². The fraction of sp³-hybridized carbons (Fsp3) is 0.298. The molecule has 4 atom stereocenters. The minimum atomic E-state index is -1.33. The number of rotatable bonds is 6. The number of aliphatic hydroxyl groups excluding tert-OH is 2. The van der Waals surface area contributed by atoms with E-state index in [4.69, 9.17) is 0 Å². The number of hydrogen-bond acceptors (Lipinski definition) is 5. The molecule has 0 radical (unpaired) electrons. The lowest BCUT2D eigenvalue weighted by atomic mass is 9.85. The van der Waals surface area contributed by atoms with E-state index >= 15 is 0 Å². The molecule has 52 heavy (non-hydrogen) atoms. The van der Waals surface area contributed by atoms with E-state index in [1.54, 1.807) is 0 Å². The van der Waals surface area contributed by atoms with Gasteiger partial charge in [0.1, 0.15) is 6.10 Å². The highest BCUT2D eigenvalue weighted by molar-refractivity contribution is 6.06. The van der Waals surface area contributed by atoms with Gasteiger partial charge < -0.3 is 20.0 Å². The Morgan fingerprint density at radius 3 is 1.50 bits per heavy atom. The highest BCUT2D eigenvalue weighted by Crippen LogP contribution is 2.46. The monoisotopic (exact) mass is 690 g/mol. The average Bonchev–Trinajstić information content (AvgIpc) is 3.33. The van der Waals surface area contributed by atoms with Gasteiger partial charge in [0, 0.05) is 48.1 Å². The number of Topliss-reactive ketones (excluding diaryl/α,β-unsaturated/α-hetero) is 1. The average molecular weight is 691 g/mol. The van der Waals surface area contributed by atoms with Gasteiger partial charge in [0.2, 0.25) is 0 Å². The summed E-state index contributed by atoms with van der Waals surface area (Å²) in [4.78, 5) is 18.2. The molecule has 2 N–H and O–H groups in total. The van der Waals surface area contributed by atoms with Crippen molar-refractivity contribution in [2.75, 3.05) is 23.9 Å². The van der Waals surface area contributed by atoms with Crippen molar-refractivity contribution >= 4 is 50.1 Å². The SMILES string of the molecule is CN(C)c1ccc(C2C(O)C(=O)C(c3ccc(N(c4ccc(C(C)(C)C)cc4)c4ccc(C(C)(C)C)cc4)cc3)C2O)c2cc3ccccc3cc12. The van der Waals surface area contributed by atoms with Gasteiger partial charge in [-0.1, -0.05) is 108 Å². The Morgan fingerprint density at radius 2 is 1.04 bits per heavy atom. The Kier molecular flexibility index (Phi) is 9.01. The first-order valence-electron chi connectivity index (χ1n) is 18.3. The molecule has 0 heterocycles. The molecular formula is C47H50N2O3. The summed E-state index contributed by atoms with van der Waals surface area (Å²) in [6.45, 7) is 13.3. The molecule has 4 unspecified atom stereocenters. The zero-order chi connectivity index (χ0) is 37.1. The lowest BCUT2D eigenvalue weighted by molar-refractivity contribution is -0.126. The molecular weight excluding hydrogens is 641 g/mol. The predicted molar refractivity (Wildman–Crippen MR) is 217 cm³/mol. The summed E-state index contributed by atoms with van der Waals surface area (Å²) in [6, 6.07) is 41.7. The van der Waals surface area contributed by atoms with E-state index in [9.17, 15) is 15.0 Å². The van der Waals surface area contributed by atoms with Gasteiger partial charge in [-0.05, 0) is 104 Å². The first-order chi connectivity index (χ1) is 24.6. The molecule has 6 aromatic carbocycles. The molecule has 266 valence electrons. The first kappa shape index (κ1) is 35.4. The van der Waals surface area contributed by atoms with Crippen molar-refractivity contribution in [3.8, 4) is 0 Å². The Hall–Kier alpha value is -4.97. The third-order valence-corrected chi connectivity index (χ3v) is 10.9. The van der Waals surface area contributed by atoms with Gasteiger partial charge >= 0.3 is 0 Å². The lowest BCUT2D eigenvalue weighted by Gasteiger charge is -2.28. The van der Waals surface area contributed by atoms with E-state index in [-0.39, 0.29) is 16.6 Å². The normalized spacial score (nSPS) is 19.4. The van der Waals surface area contributed by atoms with Crippen LogP contribution in [-0.4, -0.2) is 42.3 Å². The van der Waals surface area contributed by atoms with Gasteiger partial charge in [-0.3, -0.25) is 4.79 Å². The van der Waals surface area contributed by atoms with Crippen molar-refractivity contribution in [1.29, 1.82) is 0 Å². The van der Waals surface area contributed by atoms with E-state index in [1.807, 2.05) is 62.6 Å².